The third kappa shape index (κ3) is 2.29. The Morgan fingerprint density at radius 1 is 1.04 bits per heavy atom. The summed E-state index contributed by atoms with van der Waals surface area (Å²) in [5.74, 6) is -1.32. The largest absolute Gasteiger partial charge is 0.477 e. The lowest BCUT2D eigenvalue weighted by molar-refractivity contribution is 0.0687. The van der Waals surface area contributed by atoms with Gasteiger partial charge in [-0.25, -0.2) is 9.78 Å². The Morgan fingerprint density at radius 2 is 1.78 bits per heavy atom. The van der Waals surface area contributed by atoms with E-state index < -0.39 is 5.97 Å². The summed E-state index contributed by atoms with van der Waals surface area (Å²) in [7, 11) is 0. The molecule has 1 aliphatic carbocycles. The second-order valence-electron chi connectivity index (χ2n) is 6.31. The molecule has 2 heterocycles. The summed E-state index contributed by atoms with van der Waals surface area (Å²) >= 11 is 0. The maximum absolute atomic E-state index is 12.8. The Hall–Kier alpha value is -2.69. The second-order valence-corrected chi connectivity index (χ2v) is 6.31. The lowest BCUT2D eigenvalue weighted by atomic mass is 9.87. The monoisotopic (exact) mass is 308 g/mol. The van der Waals surface area contributed by atoms with Crippen LogP contribution < -0.4 is 0 Å². The number of carbonyl (C=O) groups excluding carboxylic acids is 1. The first-order valence-corrected chi connectivity index (χ1v) is 7.67. The smallest absolute Gasteiger partial charge is 0.354 e. The fourth-order valence-corrected chi connectivity index (χ4v) is 3.44. The maximum atomic E-state index is 12.8. The number of aromatic carboxylic acids is 1. The van der Waals surface area contributed by atoms with E-state index in [4.69, 9.17) is 5.11 Å². The van der Waals surface area contributed by atoms with E-state index in [1.54, 1.807) is 17.0 Å². The zero-order chi connectivity index (χ0) is 16.0. The molecule has 1 fully saturated rings. The molecule has 2 aromatic rings. The van der Waals surface area contributed by atoms with Gasteiger partial charge in [-0.2, -0.15) is 0 Å². The number of fused-ring (bicyclic) bond motifs is 2. The standard InChI is InChI=1S/C18H16N2O3/c21-16(14-6-3-7-15(19-14)17(22)23)20-10-12-4-1-2-5-13(12)18(11-20)8-9-18/h1-7H,8-11H2,(H,22,23). The minimum Gasteiger partial charge on any atom is -0.477 e. The van der Waals surface area contributed by atoms with Crippen molar-refractivity contribution < 1.29 is 14.7 Å². The maximum Gasteiger partial charge on any atom is 0.354 e. The van der Waals surface area contributed by atoms with E-state index in [1.165, 1.54) is 17.2 Å². The highest BCUT2D eigenvalue weighted by atomic mass is 16.4. The van der Waals surface area contributed by atoms with Crippen molar-refractivity contribution in [3.8, 4) is 0 Å². The van der Waals surface area contributed by atoms with Gasteiger partial charge in [0, 0.05) is 18.5 Å². The van der Waals surface area contributed by atoms with Crippen LogP contribution >= 0.6 is 0 Å². The van der Waals surface area contributed by atoms with Crippen LogP contribution in [-0.2, 0) is 12.0 Å². The number of carboxylic acids is 1. The number of carboxylic acid groups (broad SMARTS) is 1. The van der Waals surface area contributed by atoms with Crippen LogP contribution in [0.3, 0.4) is 0 Å². The van der Waals surface area contributed by atoms with Gasteiger partial charge in [0.25, 0.3) is 5.91 Å². The number of hydrogen-bond donors (Lipinski definition) is 1. The highest BCUT2D eigenvalue weighted by Gasteiger charge is 2.49. The molecule has 1 aromatic carbocycles. The molecule has 1 saturated carbocycles. The zero-order valence-electron chi connectivity index (χ0n) is 12.5. The Kier molecular flexibility index (Phi) is 2.98. The average molecular weight is 308 g/mol. The van der Waals surface area contributed by atoms with Crippen molar-refractivity contribution in [3.63, 3.8) is 0 Å². The molecule has 0 unspecified atom stereocenters. The van der Waals surface area contributed by atoms with E-state index in [0.717, 1.165) is 12.8 Å². The van der Waals surface area contributed by atoms with Crippen LogP contribution in [0.2, 0.25) is 0 Å². The Labute approximate surface area is 133 Å². The summed E-state index contributed by atoms with van der Waals surface area (Å²) in [5, 5.41) is 9.04. The number of benzene rings is 1. The van der Waals surface area contributed by atoms with Gasteiger partial charge in [0.1, 0.15) is 11.4 Å². The van der Waals surface area contributed by atoms with Crippen LogP contribution in [0.15, 0.2) is 42.5 Å². The quantitative estimate of drug-likeness (QED) is 0.925. The van der Waals surface area contributed by atoms with Gasteiger partial charge in [-0.15, -0.1) is 0 Å². The minimum absolute atomic E-state index is 0.0922. The van der Waals surface area contributed by atoms with Gasteiger partial charge in [0.2, 0.25) is 0 Å². The van der Waals surface area contributed by atoms with Crippen LogP contribution in [0.1, 0.15) is 44.9 Å². The van der Waals surface area contributed by atoms with Crippen molar-refractivity contribution in [2.45, 2.75) is 24.8 Å². The number of pyridine rings is 1. The molecule has 5 nitrogen and oxygen atoms in total. The molecule has 23 heavy (non-hydrogen) atoms. The Bertz CT molecular complexity index is 811. The summed E-state index contributed by atoms with van der Waals surface area (Å²) in [4.78, 5) is 29.6. The van der Waals surface area contributed by atoms with Crippen LogP contribution in [0.5, 0.6) is 0 Å². The second kappa shape index (κ2) is 4.91. The normalized spacial score (nSPS) is 17.7. The highest BCUT2D eigenvalue weighted by molar-refractivity contribution is 5.94. The Morgan fingerprint density at radius 3 is 2.52 bits per heavy atom. The summed E-state index contributed by atoms with van der Waals surface area (Å²) in [6.45, 7) is 1.23. The lowest BCUT2D eigenvalue weighted by Gasteiger charge is -2.35. The topological polar surface area (TPSA) is 70.5 Å². The number of rotatable bonds is 2. The molecule has 1 N–H and O–H groups in total. The summed E-state index contributed by atoms with van der Waals surface area (Å²) in [6, 6.07) is 12.8. The molecule has 1 aliphatic heterocycles. The molecule has 1 spiro atoms. The van der Waals surface area contributed by atoms with Gasteiger partial charge in [-0.05, 0) is 36.1 Å². The molecule has 0 bridgehead atoms. The average Bonchev–Trinajstić information content (AvgIpc) is 3.34. The molecule has 0 saturated heterocycles. The van der Waals surface area contributed by atoms with Crippen molar-refractivity contribution in [2.75, 3.05) is 6.54 Å². The van der Waals surface area contributed by atoms with Gasteiger partial charge in [0.05, 0.1) is 0 Å². The van der Waals surface area contributed by atoms with Gasteiger partial charge in [-0.1, -0.05) is 30.3 Å². The zero-order valence-corrected chi connectivity index (χ0v) is 12.5. The first-order chi connectivity index (χ1) is 11.1. The molecule has 0 radical (unpaired) electrons. The fourth-order valence-electron chi connectivity index (χ4n) is 3.44. The molecule has 2 aliphatic rings. The van der Waals surface area contributed by atoms with Gasteiger partial charge in [-0.3, -0.25) is 4.79 Å². The van der Waals surface area contributed by atoms with Crippen LogP contribution in [-0.4, -0.2) is 33.4 Å². The van der Waals surface area contributed by atoms with Crippen molar-refractivity contribution in [3.05, 3.63) is 65.0 Å². The van der Waals surface area contributed by atoms with Gasteiger partial charge >= 0.3 is 5.97 Å². The molecular formula is C18H16N2O3. The minimum atomic E-state index is -1.12. The van der Waals surface area contributed by atoms with Gasteiger partial charge < -0.3 is 10.0 Å². The molecule has 0 atom stereocenters. The van der Waals surface area contributed by atoms with Crippen LogP contribution in [0.4, 0.5) is 0 Å². The number of amides is 1. The van der Waals surface area contributed by atoms with E-state index in [0.29, 0.717) is 13.1 Å². The third-order valence-corrected chi connectivity index (χ3v) is 4.77. The highest BCUT2D eigenvalue weighted by Crippen LogP contribution is 2.52. The number of aromatic nitrogens is 1. The van der Waals surface area contributed by atoms with E-state index in [1.807, 2.05) is 12.1 Å². The third-order valence-electron chi connectivity index (χ3n) is 4.77. The van der Waals surface area contributed by atoms with E-state index in [9.17, 15) is 9.59 Å². The summed E-state index contributed by atoms with van der Waals surface area (Å²) in [6.07, 6.45) is 2.19. The predicted molar refractivity (Wildman–Crippen MR) is 83.3 cm³/mol. The summed E-state index contributed by atoms with van der Waals surface area (Å²) in [5.41, 5.74) is 2.72. The molecular weight excluding hydrogens is 292 g/mol. The number of carbonyl (C=O) groups is 2. The molecule has 5 heteroatoms. The van der Waals surface area contributed by atoms with E-state index in [-0.39, 0.29) is 22.7 Å². The van der Waals surface area contributed by atoms with Gasteiger partial charge in [0.15, 0.2) is 0 Å². The first kappa shape index (κ1) is 13.9. The van der Waals surface area contributed by atoms with Crippen molar-refractivity contribution in [2.24, 2.45) is 0 Å². The summed E-state index contributed by atoms with van der Waals surface area (Å²) < 4.78 is 0. The number of nitrogens with zero attached hydrogens (tertiary/aromatic N) is 2. The van der Waals surface area contributed by atoms with Crippen molar-refractivity contribution in [1.82, 2.24) is 9.88 Å². The van der Waals surface area contributed by atoms with Crippen molar-refractivity contribution in [1.29, 1.82) is 0 Å². The van der Waals surface area contributed by atoms with Crippen molar-refractivity contribution >= 4 is 11.9 Å². The lowest BCUT2D eigenvalue weighted by Crippen LogP contribution is -2.42. The fraction of sp³-hybridized carbons (Fsp3) is 0.278. The SMILES string of the molecule is O=C(O)c1cccc(C(=O)N2Cc3ccccc3C3(CC3)C2)n1. The molecule has 116 valence electrons. The number of hydrogen-bond acceptors (Lipinski definition) is 3. The predicted octanol–water partition coefficient (Wildman–Crippen LogP) is 2.47. The van der Waals surface area contributed by atoms with Crippen LogP contribution in [0, 0.1) is 0 Å². The van der Waals surface area contributed by atoms with E-state index >= 15 is 0 Å². The first-order valence-electron chi connectivity index (χ1n) is 7.67. The van der Waals surface area contributed by atoms with Crippen LogP contribution in [0.25, 0.3) is 0 Å². The molecule has 4 rings (SSSR count). The molecule has 1 amide bonds. The molecule has 1 aromatic heterocycles. The Balaban J connectivity index is 1.66. The van der Waals surface area contributed by atoms with E-state index in [2.05, 4.69) is 17.1 Å².